The van der Waals surface area contributed by atoms with E-state index in [-0.39, 0.29) is 5.41 Å². The van der Waals surface area contributed by atoms with Crippen molar-refractivity contribution in [2.45, 2.75) is 53.6 Å². The number of pyridine rings is 1. The Bertz CT molecular complexity index is 382. The van der Waals surface area contributed by atoms with Crippen LogP contribution in [0.1, 0.15) is 46.7 Å². The van der Waals surface area contributed by atoms with Crippen LogP contribution in [0.2, 0.25) is 0 Å². The zero-order chi connectivity index (χ0) is 14.5. The first kappa shape index (κ1) is 16.0. The second-order valence-corrected chi connectivity index (χ2v) is 6.42. The van der Waals surface area contributed by atoms with Gasteiger partial charge in [-0.25, -0.2) is 0 Å². The zero-order valence-corrected chi connectivity index (χ0v) is 13.3. The van der Waals surface area contributed by atoms with Crippen LogP contribution in [0.25, 0.3) is 0 Å². The van der Waals surface area contributed by atoms with Crippen molar-refractivity contribution in [3.8, 4) is 0 Å². The van der Waals surface area contributed by atoms with Crippen LogP contribution in [0.3, 0.4) is 0 Å². The largest absolute Gasteiger partial charge is 0.385 e. The lowest BCUT2D eigenvalue weighted by molar-refractivity contribution is 0.133. The van der Waals surface area contributed by atoms with Crippen LogP contribution in [0, 0.1) is 5.41 Å². The van der Waals surface area contributed by atoms with Crippen molar-refractivity contribution < 1.29 is 0 Å². The van der Waals surface area contributed by atoms with Crippen LogP contribution in [0.4, 0.5) is 5.69 Å². The van der Waals surface area contributed by atoms with Crippen molar-refractivity contribution in [1.82, 2.24) is 9.88 Å². The maximum atomic E-state index is 4.47. The summed E-state index contributed by atoms with van der Waals surface area (Å²) in [6, 6.07) is 4.70. The molecule has 0 saturated heterocycles. The Kier molecular flexibility index (Phi) is 5.80. The lowest BCUT2D eigenvalue weighted by Crippen LogP contribution is -2.38. The highest BCUT2D eigenvalue weighted by Gasteiger charge is 2.23. The normalized spacial score (nSPS) is 13.6. The van der Waals surface area contributed by atoms with Crippen molar-refractivity contribution in [1.29, 1.82) is 0 Å². The molecule has 108 valence electrons. The Labute approximate surface area is 118 Å². The van der Waals surface area contributed by atoms with E-state index in [1.54, 1.807) is 0 Å². The molecule has 0 aliphatic rings. The van der Waals surface area contributed by atoms with E-state index in [1.165, 1.54) is 5.69 Å². The summed E-state index contributed by atoms with van der Waals surface area (Å²) in [5, 5.41) is 3.41. The van der Waals surface area contributed by atoms with Crippen molar-refractivity contribution in [2.24, 2.45) is 5.41 Å². The van der Waals surface area contributed by atoms with E-state index in [9.17, 15) is 0 Å². The van der Waals surface area contributed by atoms with Gasteiger partial charge in [-0.05, 0) is 37.9 Å². The maximum Gasteiger partial charge on any atom is 0.0564 e. The van der Waals surface area contributed by atoms with Gasteiger partial charge in [0.05, 0.1) is 5.69 Å². The van der Waals surface area contributed by atoms with Crippen molar-refractivity contribution in [3.05, 3.63) is 24.0 Å². The molecule has 1 atom stereocenters. The minimum Gasteiger partial charge on any atom is -0.385 e. The lowest BCUT2D eigenvalue weighted by Gasteiger charge is -2.35. The molecule has 0 aliphatic carbocycles. The molecule has 1 N–H and O–H groups in total. The molecule has 3 nitrogen and oxygen atoms in total. The molecule has 0 amide bonds. The van der Waals surface area contributed by atoms with Gasteiger partial charge in [0.15, 0.2) is 0 Å². The predicted molar refractivity (Wildman–Crippen MR) is 83.4 cm³/mol. The molecule has 0 bridgehead atoms. The fraction of sp³-hybridized carbons (Fsp3) is 0.688. The zero-order valence-electron chi connectivity index (χ0n) is 13.3. The average Bonchev–Trinajstić information content (AvgIpc) is 2.34. The Morgan fingerprint density at radius 1 is 1.37 bits per heavy atom. The molecule has 1 aromatic heterocycles. The van der Waals surface area contributed by atoms with Crippen LogP contribution < -0.4 is 5.32 Å². The minimum absolute atomic E-state index is 0.285. The number of nitrogens with one attached hydrogen (secondary N) is 1. The molecule has 0 aliphatic heterocycles. The third-order valence-corrected chi connectivity index (χ3v) is 3.72. The van der Waals surface area contributed by atoms with E-state index in [0.29, 0.717) is 6.04 Å². The average molecular weight is 263 g/mol. The van der Waals surface area contributed by atoms with E-state index in [2.05, 4.69) is 62.9 Å². The van der Waals surface area contributed by atoms with Gasteiger partial charge in [0.25, 0.3) is 0 Å². The lowest BCUT2D eigenvalue weighted by atomic mass is 9.87. The Balaban J connectivity index is 2.66. The van der Waals surface area contributed by atoms with E-state index < -0.39 is 0 Å². The summed E-state index contributed by atoms with van der Waals surface area (Å²) >= 11 is 0. The smallest absolute Gasteiger partial charge is 0.0564 e. The van der Waals surface area contributed by atoms with E-state index >= 15 is 0 Å². The first-order chi connectivity index (χ1) is 8.84. The standard InChI is InChI=1S/C16H29N3/c1-7-9-17-14-8-10-18-15(11-14)12-19(6)13(2)16(3,4)5/h8,10-11,13H,7,9,12H2,1-6H3,(H,17,18). The predicted octanol–water partition coefficient (Wildman–Crippen LogP) is 3.77. The van der Waals surface area contributed by atoms with Gasteiger partial charge >= 0.3 is 0 Å². The van der Waals surface area contributed by atoms with Gasteiger partial charge in [-0.3, -0.25) is 9.88 Å². The van der Waals surface area contributed by atoms with Gasteiger partial charge in [-0.15, -0.1) is 0 Å². The van der Waals surface area contributed by atoms with E-state index in [1.807, 2.05) is 12.3 Å². The van der Waals surface area contributed by atoms with Crippen LogP contribution >= 0.6 is 0 Å². The monoisotopic (exact) mass is 263 g/mol. The second-order valence-electron chi connectivity index (χ2n) is 6.42. The number of nitrogens with zero attached hydrogens (tertiary/aromatic N) is 2. The van der Waals surface area contributed by atoms with Crippen molar-refractivity contribution in [2.75, 3.05) is 18.9 Å². The summed E-state index contributed by atoms with van der Waals surface area (Å²) in [7, 11) is 2.17. The highest BCUT2D eigenvalue weighted by molar-refractivity contribution is 5.43. The summed E-state index contributed by atoms with van der Waals surface area (Å²) in [5.41, 5.74) is 2.58. The van der Waals surface area contributed by atoms with E-state index in [0.717, 1.165) is 25.2 Å². The second kappa shape index (κ2) is 6.90. The summed E-state index contributed by atoms with van der Waals surface area (Å²) in [6.45, 7) is 13.2. The Morgan fingerprint density at radius 3 is 2.63 bits per heavy atom. The Morgan fingerprint density at radius 2 is 2.05 bits per heavy atom. The molecule has 1 aromatic rings. The number of anilines is 1. The highest BCUT2D eigenvalue weighted by atomic mass is 15.1. The molecule has 0 radical (unpaired) electrons. The van der Waals surface area contributed by atoms with Crippen LogP contribution in [-0.4, -0.2) is 29.5 Å². The fourth-order valence-corrected chi connectivity index (χ4v) is 2.00. The summed E-state index contributed by atoms with van der Waals surface area (Å²) in [4.78, 5) is 6.84. The van der Waals surface area contributed by atoms with Crippen LogP contribution in [-0.2, 0) is 6.54 Å². The number of aromatic nitrogens is 1. The van der Waals surface area contributed by atoms with Gasteiger partial charge in [-0.2, -0.15) is 0 Å². The van der Waals surface area contributed by atoms with Gasteiger partial charge in [0.1, 0.15) is 0 Å². The van der Waals surface area contributed by atoms with Crippen molar-refractivity contribution in [3.63, 3.8) is 0 Å². The fourth-order valence-electron chi connectivity index (χ4n) is 2.00. The van der Waals surface area contributed by atoms with Crippen molar-refractivity contribution >= 4 is 5.69 Å². The van der Waals surface area contributed by atoms with Gasteiger partial charge in [0, 0.05) is 31.0 Å². The number of rotatable bonds is 6. The van der Waals surface area contributed by atoms with Crippen LogP contribution in [0.5, 0.6) is 0 Å². The molecular formula is C16H29N3. The van der Waals surface area contributed by atoms with Gasteiger partial charge < -0.3 is 5.32 Å². The summed E-state index contributed by atoms with van der Waals surface area (Å²) < 4.78 is 0. The highest BCUT2D eigenvalue weighted by Crippen LogP contribution is 2.24. The van der Waals surface area contributed by atoms with Crippen LogP contribution in [0.15, 0.2) is 18.3 Å². The molecule has 1 rings (SSSR count). The van der Waals surface area contributed by atoms with Gasteiger partial charge in [-0.1, -0.05) is 27.7 Å². The summed E-state index contributed by atoms with van der Waals surface area (Å²) in [5.74, 6) is 0. The molecule has 0 fully saturated rings. The molecule has 19 heavy (non-hydrogen) atoms. The quantitative estimate of drug-likeness (QED) is 0.847. The minimum atomic E-state index is 0.285. The molecule has 1 heterocycles. The molecule has 0 spiro atoms. The topological polar surface area (TPSA) is 28.2 Å². The summed E-state index contributed by atoms with van der Waals surface area (Å²) in [6.07, 6.45) is 3.03. The Hall–Kier alpha value is -1.09. The molecule has 1 unspecified atom stereocenters. The molecular weight excluding hydrogens is 234 g/mol. The third kappa shape index (κ3) is 5.19. The third-order valence-electron chi connectivity index (χ3n) is 3.72. The first-order valence-electron chi connectivity index (χ1n) is 7.23. The molecule has 3 heteroatoms. The SMILES string of the molecule is CCCNc1ccnc(CN(C)C(C)C(C)(C)C)c1. The van der Waals surface area contributed by atoms with Gasteiger partial charge in [0.2, 0.25) is 0 Å². The maximum absolute atomic E-state index is 4.47. The number of hydrogen-bond donors (Lipinski definition) is 1. The number of hydrogen-bond acceptors (Lipinski definition) is 3. The molecule has 0 saturated carbocycles. The molecule has 0 aromatic carbocycles. The first-order valence-corrected chi connectivity index (χ1v) is 7.23. The van der Waals surface area contributed by atoms with E-state index in [4.69, 9.17) is 0 Å².